The molecule has 0 spiro atoms. The second kappa shape index (κ2) is 8.23. The number of thiocarbonyl (C=S) groups is 1. The summed E-state index contributed by atoms with van der Waals surface area (Å²) < 4.78 is 27.4. The Morgan fingerprint density at radius 3 is 2.27 bits per heavy atom. The van der Waals surface area contributed by atoms with Gasteiger partial charge in [0.2, 0.25) is 0 Å². The third-order valence-corrected chi connectivity index (χ3v) is 4.71. The van der Waals surface area contributed by atoms with E-state index < -0.39 is 11.7 Å². The third kappa shape index (κ3) is 4.35. The monoisotopic (exact) mass is 375 g/mol. The second-order valence-electron chi connectivity index (χ2n) is 6.12. The summed E-state index contributed by atoms with van der Waals surface area (Å²) in [5.41, 5.74) is 0.388. The number of benzene rings is 2. The lowest BCUT2D eigenvalue weighted by Gasteiger charge is -2.34. The average molecular weight is 375 g/mol. The summed E-state index contributed by atoms with van der Waals surface area (Å²) in [6.07, 6.45) is 1.36. The lowest BCUT2D eigenvalue weighted by Crippen LogP contribution is -2.47. The molecule has 1 fully saturated rings. The number of para-hydroxylation sites is 1. The smallest absolute Gasteiger partial charge is 0.254 e. The van der Waals surface area contributed by atoms with E-state index in [1.807, 2.05) is 4.90 Å². The van der Waals surface area contributed by atoms with Gasteiger partial charge in [-0.1, -0.05) is 24.3 Å². The summed E-state index contributed by atoms with van der Waals surface area (Å²) in [6, 6.07) is 12.2. The number of carbonyl (C=O) groups excluding carboxylic acids is 1. The minimum Gasteiger partial charge on any atom is -0.349 e. The van der Waals surface area contributed by atoms with Gasteiger partial charge in [-0.3, -0.25) is 4.79 Å². The van der Waals surface area contributed by atoms with E-state index in [2.05, 4.69) is 10.6 Å². The molecule has 3 rings (SSSR count). The van der Waals surface area contributed by atoms with E-state index in [-0.39, 0.29) is 17.4 Å². The second-order valence-corrected chi connectivity index (χ2v) is 6.51. The summed E-state index contributed by atoms with van der Waals surface area (Å²) >= 11 is 5.35. The number of carbonyl (C=O) groups is 1. The van der Waals surface area contributed by atoms with E-state index in [1.54, 1.807) is 30.3 Å². The highest BCUT2D eigenvalue weighted by Gasteiger charge is 2.23. The zero-order chi connectivity index (χ0) is 18.5. The molecular weight excluding hydrogens is 356 g/mol. The largest absolute Gasteiger partial charge is 0.349 e. The van der Waals surface area contributed by atoms with Crippen LogP contribution in [0.4, 0.5) is 14.5 Å². The van der Waals surface area contributed by atoms with Crippen molar-refractivity contribution in [2.45, 2.75) is 18.9 Å². The number of nitrogens with zero attached hydrogens (tertiary/aromatic N) is 1. The van der Waals surface area contributed by atoms with E-state index in [0.717, 1.165) is 0 Å². The van der Waals surface area contributed by atoms with Gasteiger partial charge in [0.05, 0.1) is 11.3 Å². The summed E-state index contributed by atoms with van der Waals surface area (Å²) in [5, 5.41) is 6.23. The SMILES string of the molecule is O=C(NC1CCN(C(=S)Nc2ccccc2F)CC1)c1ccccc1F. The first-order valence-electron chi connectivity index (χ1n) is 8.40. The third-order valence-electron chi connectivity index (χ3n) is 4.35. The Hall–Kier alpha value is -2.54. The molecular formula is C19H19F2N3OS. The Kier molecular flexibility index (Phi) is 5.78. The quantitative estimate of drug-likeness (QED) is 0.806. The standard InChI is InChI=1S/C19H19F2N3OS/c20-15-6-2-1-5-14(15)18(25)22-13-9-11-24(12-10-13)19(26)23-17-8-4-3-7-16(17)21/h1-8,13H,9-12H2,(H,22,25)(H,23,26). The Morgan fingerprint density at radius 1 is 1.00 bits per heavy atom. The molecule has 0 bridgehead atoms. The molecule has 0 atom stereocenters. The van der Waals surface area contributed by atoms with E-state index in [0.29, 0.717) is 36.7 Å². The van der Waals surface area contributed by atoms with Crippen molar-refractivity contribution in [3.05, 3.63) is 65.7 Å². The van der Waals surface area contributed by atoms with Gasteiger partial charge in [0, 0.05) is 19.1 Å². The van der Waals surface area contributed by atoms with Crippen molar-refractivity contribution < 1.29 is 13.6 Å². The predicted octanol–water partition coefficient (Wildman–Crippen LogP) is 3.56. The van der Waals surface area contributed by atoms with Gasteiger partial charge in [-0.2, -0.15) is 0 Å². The van der Waals surface area contributed by atoms with Gasteiger partial charge in [-0.15, -0.1) is 0 Å². The summed E-state index contributed by atoms with van der Waals surface area (Å²) in [4.78, 5) is 14.1. The molecule has 2 N–H and O–H groups in total. The number of hydrogen-bond donors (Lipinski definition) is 2. The minimum absolute atomic E-state index is 0.0467. The maximum absolute atomic E-state index is 13.7. The molecule has 0 aliphatic carbocycles. The first-order valence-corrected chi connectivity index (χ1v) is 8.81. The number of hydrogen-bond acceptors (Lipinski definition) is 2. The van der Waals surface area contributed by atoms with Gasteiger partial charge in [-0.25, -0.2) is 8.78 Å². The molecule has 2 aromatic carbocycles. The first kappa shape index (κ1) is 18.3. The highest BCUT2D eigenvalue weighted by atomic mass is 32.1. The predicted molar refractivity (Wildman–Crippen MR) is 101 cm³/mol. The number of anilines is 1. The highest BCUT2D eigenvalue weighted by molar-refractivity contribution is 7.80. The summed E-state index contributed by atoms with van der Waals surface area (Å²) in [5.74, 6) is -1.30. The molecule has 4 nitrogen and oxygen atoms in total. The van der Waals surface area contributed by atoms with E-state index in [9.17, 15) is 13.6 Å². The van der Waals surface area contributed by atoms with E-state index >= 15 is 0 Å². The van der Waals surface area contributed by atoms with Crippen molar-refractivity contribution >= 4 is 28.9 Å². The van der Waals surface area contributed by atoms with Crippen LogP contribution in [-0.4, -0.2) is 35.1 Å². The number of likely N-dealkylation sites (tertiary alicyclic amines) is 1. The van der Waals surface area contributed by atoms with Crippen molar-refractivity contribution in [3.63, 3.8) is 0 Å². The van der Waals surface area contributed by atoms with Gasteiger partial charge in [-0.05, 0) is 49.3 Å². The molecule has 26 heavy (non-hydrogen) atoms. The van der Waals surface area contributed by atoms with Crippen LogP contribution in [0.3, 0.4) is 0 Å². The number of amides is 1. The lowest BCUT2D eigenvalue weighted by molar-refractivity contribution is 0.0918. The van der Waals surface area contributed by atoms with Gasteiger partial charge in [0.25, 0.3) is 5.91 Å². The van der Waals surface area contributed by atoms with Crippen LogP contribution < -0.4 is 10.6 Å². The normalized spacial score (nSPS) is 14.8. The fourth-order valence-electron chi connectivity index (χ4n) is 2.89. The maximum atomic E-state index is 13.7. The molecule has 1 saturated heterocycles. The molecule has 2 aromatic rings. The maximum Gasteiger partial charge on any atom is 0.254 e. The zero-order valence-corrected chi connectivity index (χ0v) is 14.9. The highest BCUT2D eigenvalue weighted by Crippen LogP contribution is 2.17. The molecule has 136 valence electrons. The number of piperidine rings is 1. The Balaban J connectivity index is 1.51. The van der Waals surface area contributed by atoms with Crippen LogP contribution in [0.1, 0.15) is 23.2 Å². The fraction of sp³-hybridized carbons (Fsp3) is 0.263. The molecule has 0 aromatic heterocycles. The van der Waals surface area contributed by atoms with Crippen molar-refractivity contribution in [2.75, 3.05) is 18.4 Å². The van der Waals surface area contributed by atoms with Crippen LogP contribution in [0.5, 0.6) is 0 Å². The molecule has 1 aliphatic rings. The van der Waals surface area contributed by atoms with Gasteiger partial charge < -0.3 is 15.5 Å². The molecule has 0 saturated carbocycles. The topological polar surface area (TPSA) is 44.4 Å². The summed E-state index contributed by atoms with van der Waals surface area (Å²) in [6.45, 7) is 1.25. The molecule has 0 unspecified atom stereocenters. The minimum atomic E-state index is -0.530. The Morgan fingerprint density at radius 2 is 1.62 bits per heavy atom. The van der Waals surface area contributed by atoms with Crippen LogP contribution in [0.15, 0.2) is 48.5 Å². The molecule has 7 heteroatoms. The van der Waals surface area contributed by atoms with Crippen LogP contribution in [-0.2, 0) is 0 Å². The number of rotatable bonds is 3. The fourth-order valence-corrected chi connectivity index (χ4v) is 3.18. The summed E-state index contributed by atoms with van der Waals surface area (Å²) in [7, 11) is 0. The van der Waals surface area contributed by atoms with Crippen LogP contribution in [0, 0.1) is 11.6 Å². The molecule has 1 aliphatic heterocycles. The lowest BCUT2D eigenvalue weighted by atomic mass is 10.0. The first-order chi connectivity index (χ1) is 12.5. The van der Waals surface area contributed by atoms with Crippen molar-refractivity contribution in [1.82, 2.24) is 10.2 Å². The molecule has 1 heterocycles. The van der Waals surface area contributed by atoms with Gasteiger partial charge >= 0.3 is 0 Å². The molecule has 1 amide bonds. The van der Waals surface area contributed by atoms with Crippen molar-refractivity contribution in [3.8, 4) is 0 Å². The Bertz CT molecular complexity index is 807. The van der Waals surface area contributed by atoms with E-state index in [1.165, 1.54) is 18.2 Å². The Labute approximate surface area is 156 Å². The number of nitrogens with one attached hydrogen (secondary N) is 2. The van der Waals surface area contributed by atoms with Gasteiger partial charge in [0.1, 0.15) is 11.6 Å². The zero-order valence-electron chi connectivity index (χ0n) is 14.0. The van der Waals surface area contributed by atoms with Crippen molar-refractivity contribution in [2.24, 2.45) is 0 Å². The average Bonchev–Trinajstić information content (AvgIpc) is 2.64. The van der Waals surface area contributed by atoms with Crippen LogP contribution in [0.25, 0.3) is 0 Å². The van der Waals surface area contributed by atoms with Crippen molar-refractivity contribution in [1.29, 1.82) is 0 Å². The van der Waals surface area contributed by atoms with E-state index in [4.69, 9.17) is 12.2 Å². The van der Waals surface area contributed by atoms with Crippen LogP contribution in [0.2, 0.25) is 0 Å². The molecule has 0 radical (unpaired) electrons. The number of halogens is 2. The van der Waals surface area contributed by atoms with Crippen LogP contribution >= 0.6 is 12.2 Å². The van der Waals surface area contributed by atoms with Gasteiger partial charge in [0.15, 0.2) is 5.11 Å².